The van der Waals surface area contributed by atoms with Gasteiger partial charge in [0.05, 0.1) is 17.0 Å². The van der Waals surface area contributed by atoms with E-state index >= 15 is 0 Å². The maximum absolute atomic E-state index is 12.2. The van der Waals surface area contributed by atoms with Crippen LogP contribution in [0.5, 0.6) is 0 Å². The maximum Gasteiger partial charge on any atom is 0.337 e. The Bertz CT molecular complexity index is 593. The van der Waals surface area contributed by atoms with E-state index in [-0.39, 0.29) is 23.0 Å². The highest BCUT2D eigenvalue weighted by Crippen LogP contribution is 2.26. The summed E-state index contributed by atoms with van der Waals surface area (Å²) >= 11 is 0. The number of imide groups is 1. The van der Waals surface area contributed by atoms with Crippen LogP contribution in [0, 0.1) is 11.8 Å². The summed E-state index contributed by atoms with van der Waals surface area (Å²) in [4.78, 5) is 43.6. The fourth-order valence-electron chi connectivity index (χ4n) is 2.92. The molecule has 2 atom stereocenters. The zero-order valence-corrected chi connectivity index (χ0v) is 11.9. The maximum atomic E-state index is 12.2. The van der Waals surface area contributed by atoms with E-state index in [1.54, 1.807) is 24.3 Å². The molecule has 2 aliphatic rings. The van der Waals surface area contributed by atoms with Gasteiger partial charge in [-0.2, -0.15) is 0 Å². The molecule has 0 bridgehead atoms. The zero-order chi connectivity index (χ0) is 15.1. The number of hydrogen-bond acceptors (Lipinski definition) is 5. The first-order valence-electron chi connectivity index (χ1n) is 6.87. The minimum absolute atomic E-state index is 0.137. The van der Waals surface area contributed by atoms with Crippen LogP contribution in [0.15, 0.2) is 24.3 Å². The van der Waals surface area contributed by atoms with Crippen molar-refractivity contribution in [2.24, 2.45) is 11.8 Å². The number of likely N-dealkylation sites (tertiary alicyclic amines) is 1. The van der Waals surface area contributed by atoms with Gasteiger partial charge in [-0.05, 0) is 25.1 Å². The first-order valence-corrected chi connectivity index (χ1v) is 6.87. The molecule has 6 nitrogen and oxygen atoms in total. The standard InChI is InChI=1S/C15H16N2O4/c1-9-7-16(2)8-12(9)15(20)21-17-13(18)10-5-3-4-6-11(10)14(17)19/h3-6,9,12H,7-8H2,1-2H3. The lowest BCUT2D eigenvalue weighted by Crippen LogP contribution is -2.36. The van der Waals surface area contributed by atoms with Gasteiger partial charge >= 0.3 is 5.97 Å². The van der Waals surface area contributed by atoms with Gasteiger partial charge < -0.3 is 9.74 Å². The summed E-state index contributed by atoms with van der Waals surface area (Å²) in [6, 6.07) is 6.44. The highest BCUT2D eigenvalue weighted by atomic mass is 16.7. The summed E-state index contributed by atoms with van der Waals surface area (Å²) in [5.41, 5.74) is 0.541. The molecule has 1 fully saturated rings. The van der Waals surface area contributed by atoms with Gasteiger partial charge in [-0.15, -0.1) is 0 Å². The molecule has 0 radical (unpaired) electrons. The number of nitrogens with zero attached hydrogens (tertiary/aromatic N) is 2. The van der Waals surface area contributed by atoms with E-state index < -0.39 is 17.8 Å². The fraction of sp³-hybridized carbons (Fsp3) is 0.400. The van der Waals surface area contributed by atoms with E-state index in [4.69, 9.17) is 4.84 Å². The van der Waals surface area contributed by atoms with Gasteiger partial charge in [0, 0.05) is 13.1 Å². The van der Waals surface area contributed by atoms with Gasteiger partial charge in [0.1, 0.15) is 0 Å². The first-order chi connectivity index (χ1) is 9.99. The quantitative estimate of drug-likeness (QED) is 0.758. The van der Waals surface area contributed by atoms with Crippen LogP contribution >= 0.6 is 0 Å². The molecule has 0 spiro atoms. The molecule has 1 aromatic carbocycles. The Kier molecular flexibility index (Phi) is 3.25. The number of fused-ring (bicyclic) bond motifs is 1. The molecule has 110 valence electrons. The largest absolute Gasteiger partial charge is 0.337 e. The van der Waals surface area contributed by atoms with Crippen molar-refractivity contribution in [3.63, 3.8) is 0 Å². The van der Waals surface area contributed by atoms with Gasteiger partial charge in [-0.1, -0.05) is 24.1 Å². The van der Waals surface area contributed by atoms with Crippen LogP contribution in [0.1, 0.15) is 27.6 Å². The van der Waals surface area contributed by atoms with Crippen molar-refractivity contribution < 1.29 is 19.2 Å². The number of carbonyl (C=O) groups is 3. The van der Waals surface area contributed by atoms with Crippen LogP contribution < -0.4 is 0 Å². The van der Waals surface area contributed by atoms with Crippen molar-refractivity contribution in [1.29, 1.82) is 0 Å². The van der Waals surface area contributed by atoms with Crippen molar-refractivity contribution in [2.75, 3.05) is 20.1 Å². The lowest BCUT2D eigenvalue weighted by molar-refractivity contribution is -0.174. The highest BCUT2D eigenvalue weighted by Gasteiger charge is 2.42. The van der Waals surface area contributed by atoms with Gasteiger partial charge in [0.2, 0.25) is 0 Å². The van der Waals surface area contributed by atoms with Crippen LogP contribution in [-0.4, -0.2) is 47.9 Å². The summed E-state index contributed by atoms with van der Waals surface area (Å²) in [5.74, 6) is -1.87. The summed E-state index contributed by atoms with van der Waals surface area (Å²) in [6.45, 7) is 3.32. The van der Waals surface area contributed by atoms with Crippen molar-refractivity contribution in [2.45, 2.75) is 6.92 Å². The molecule has 21 heavy (non-hydrogen) atoms. The Morgan fingerprint density at radius 2 is 1.71 bits per heavy atom. The van der Waals surface area contributed by atoms with Crippen LogP contribution in [0.2, 0.25) is 0 Å². The average molecular weight is 288 g/mol. The van der Waals surface area contributed by atoms with E-state index in [2.05, 4.69) is 0 Å². The molecule has 0 saturated carbocycles. The molecular weight excluding hydrogens is 272 g/mol. The predicted octanol–water partition coefficient (Wildman–Crippen LogP) is 0.938. The highest BCUT2D eigenvalue weighted by molar-refractivity contribution is 6.20. The number of hydrogen-bond donors (Lipinski definition) is 0. The van der Waals surface area contributed by atoms with Gasteiger partial charge in [0.25, 0.3) is 11.8 Å². The molecular formula is C15H16N2O4. The second-order valence-corrected chi connectivity index (χ2v) is 5.67. The summed E-state index contributed by atoms with van der Waals surface area (Å²) in [7, 11) is 1.92. The molecule has 2 unspecified atom stereocenters. The molecule has 6 heteroatoms. The topological polar surface area (TPSA) is 66.9 Å². The molecule has 3 rings (SSSR count). The minimum Gasteiger partial charge on any atom is -0.329 e. The number of amides is 2. The summed E-state index contributed by atoms with van der Waals surface area (Å²) in [6.07, 6.45) is 0. The van der Waals surface area contributed by atoms with Crippen molar-refractivity contribution in [3.05, 3.63) is 35.4 Å². The lowest BCUT2D eigenvalue weighted by Gasteiger charge is -2.17. The third kappa shape index (κ3) is 2.21. The molecule has 2 heterocycles. The minimum atomic E-state index is -0.581. The Morgan fingerprint density at radius 1 is 1.14 bits per heavy atom. The van der Waals surface area contributed by atoms with Crippen LogP contribution in [0.3, 0.4) is 0 Å². The van der Waals surface area contributed by atoms with E-state index in [0.29, 0.717) is 11.6 Å². The molecule has 2 aliphatic heterocycles. The van der Waals surface area contributed by atoms with Gasteiger partial charge in [-0.25, -0.2) is 4.79 Å². The second-order valence-electron chi connectivity index (χ2n) is 5.67. The van der Waals surface area contributed by atoms with E-state index in [9.17, 15) is 14.4 Å². The van der Waals surface area contributed by atoms with Crippen LogP contribution in [0.25, 0.3) is 0 Å². The monoisotopic (exact) mass is 288 g/mol. The van der Waals surface area contributed by atoms with Gasteiger partial charge in [-0.3, -0.25) is 9.59 Å². The molecule has 0 N–H and O–H groups in total. The van der Waals surface area contributed by atoms with Crippen molar-refractivity contribution in [3.8, 4) is 0 Å². The second kappa shape index (κ2) is 4.96. The molecule has 2 amide bonds. The lowest BCUT2D eigenvalue weighted by atomic mass is 9.99. The fourth-order valence-corrected chi connectivity index (χ4v) is 2.92. The summed E-state index contributed by atoms with van der Waals surface area (Å²) < 4.78 is 0. The van der Waals surface area contributed by atoms with Crippen LogP contribution in [-0.2, 0) is 9.63 Å². The van der Waals surface area contributed by atoms with Gasteiger partial charge in [0.15, 0.2) is 0 Å². The number of hydroxylamine groups is 2. The van der Waals surface area contributed by atoms with E-state index in [0.717, 1.165) is 6.54 Å². The molecule has 0 aromatic heterocycles. The third-order valence-corrected chi connectivity index (χ3v) is 4.04. The zero-order valence-electron chi connectivity index (χ0n) is 11.9. The SMILES string of the molecule is CC1CN(C)CC1C(=O)ON1C(=O)c2ccccc2C1=O. The Labute approximate surface area is 122 Å². The normalized spacial score (nSPS) is 25.3. The number of benzene rings is 1. The number of carbonyl (C=O) groups excluding carboxylic acids is 3. The average Bonchev–Trinajstić information content (AvgIpc) is 2.92. The third-order valence-electron chi connectivity index (χ3n) is 4.04. The van der Waals surface area contributed by atoms with E-state index in [1.165, 1.54) is 0 Å². The van der Waals surface area contributed by atoms with Crippen molar-refractivity contribution >= 4 is 17.8 Å². The smallest absolute Gasteiger partial charge is 0.329 e. The molecule has 1 saturated heterocycles. The Balaban J connectivity index is 1.76. The first kappa shape index (κ1) is 13.8. The Morgan fingerprint density at radius 3 is 2.19 bits per heavy atom. The van der Waals surface area contributed by atoms with E-state index in [1.807, 2.05) is 18.9 Å². The Hall–Kier alpha value is -2.21. The molecule has 1 aromatic rings. The van der Waals surface area contributed by atoms with Crippen LogP contribution in [0.4, 0.5) is 0 Å². The number of rotatable bonds is 2. The molecule has 0 aliphatic carbocycles. The predicted molar refractivity (Wildman–Crippen MR) is 73.2 cm³/mol. The summed E-state index contributed by atoms with van der Waals surface area (Å²) in [5, 5.41) is 0.581. The van der Waals surface area contributed by atoms with Crippen molar-refractivity contribution in [1.82, 2.24) is 9.96 Å².